The first-order valence-corrected chi connectivity index (χ1v) is 20.5. The van der Waals surface area contributed by atoms with E-state index in [2.05, 4.69) is 39.9 Å². The molecule has 1 aliphatic rings. The molecule has 0 aliphatic carbocycles. The Kier molecular flexibility index (Phi) is 26.8. The monoisotopic (exact) mass is 635 g/mol. The second-order valence-corrected chi connectivity index (χ2v) is 16.0. The van der Waals surface area contributed by atoms with Crippen molar-refractivity contribution in [1.82, 2.24) is 5.32 Å². The SMILES string of the molecule is CCCCCCCCCCCCCCCCSSCCC(=O)NCCCO[C@H]1CS[C@H](COC(C)C)[C@H]1OC(C)C. The summed E-state index contributed by atoms with van der Waals surface area (Å²) in [6.07, 6.45) is 21.7. The van der Waals surface area contributed by atoms with E-state index in [1.165, 1.54) is 95.6 Å². The van der Waals surface area contributed by atoms with Crippen LogP contribution < -0.4 is 5.32 Å². The fourth-order valence-corrected chi connectivity index (χ4v) is 8.40. The molecule has 1 rings (SSSR count). The van der Waals surface area contributed by atoms with Gasteiger partial charge in [-0.05, 0) is 40.5 Å². The molecule has 0 saturated carbocycles. The van der Waals surface area contributed by atoms with E-state index in [4.69, 9.17) is 14.2 Å². The molecule has 1 aliphatic heterocycles. The van der Waals surface area contributed by atoms with Gasteiger partial charge in [0.05, 0.1) is 36.3 Å². The molecule has 244 valence electrons. The number of thioether (sulfide) groups is 1. The Hall–Kier alpha value is 0.400. The average Bonchev–Trinajstić information content (AvgIpc) is 3.31. The molecule has 1 N–H and O–H groups in total. The van der Waals surface area contributed by atoms with E-state index >= 15 is 0 Å². The summed E-state index contributed by atoms with van der Waals surface area (Å²) in [5.74, 6) is 3.17. The summed E-state index contributed by atoms with van der Waals surface area (Å²) in [6.45, 7) is 12.6. The smallest absolute Gasteiger partial charge is 0.220 e. The largest absolute Gasteiger partial charge is 0.378 e. The number of hydrogen-bond donors (Lipinski definition) is 1. The Morgan fingerprint density at radius 3 is 1.98 bits per heavy atom. The molecular formula is C33H65NO4S3. The first-order chi connectivity index (χ1) is 19.9. The van der Waals surface area contributed by atoms with Crippen molar-refractivity contribution in [2.75, 3.05) is 37.0 Å². The van der Waals surface area contributed by atoms with Crippen molar-refractivity contribution in [2.45, 2.75) is 167 Å². The van der Waals surface area contributed by atoms with Crippen LogP contribution in [0.25, 0.3) is 0 Å². The number of unbranched alkanes of at least 4 members (excludes halogenated alkanes) is 13. The molecule has 0 radical (unpaired) electrons. The van der Waals surface area contributed by atoms with Gasteiger partial charge in [-0.3, -0.25) is 4.79 Å². The fourth-order valence-electron chi connectivity index (χ4n) is 4.94. The lowest BCUT2D eigenvalue weighted by Gasteiger charge is -2.27. The predicted molar refractivity (Wildman–Crippen MR) is 185 cm³/mol. The Bertz CT molecular complexity index is 597. The summed E-state index contributed by atoms with van der Waals surface area (Å²) in [5.41, 5.74) is 0. The molecule has 0 aromatic carbocycles. The zero-order chi connectivity index (χ0) is 30.0. The van der Waals surface area contributed by atoms with Crippen molar-refractivity contribution in [3.63, 3.8) is 0 Å². The lowest BCUT2D eigenvalue weighted by Crippen LogP contribution is -2.39. The molecule has 0 bridgehead atoms. The Labute approximate surface area is 266 Å². The van der Waals surface area contributed by atoms with E-state index in [9.17, 15) is 4.79 Å². The van der Waals surface area contributed by atoms with E-state index in [0.717, 1.165) is 17.9 Å². The minimum Gasteiger partial charge on any atom is -0.378 e. The number of ether oxygens (including phenoxy) is 3. The van der Waals surface area contributed by atoms with Gasteiger partial charge in [-0.2, -0.15) is 11.8 Å². The van der Waals surface area contributed by atoms with E-state index in [0.29, 0.717) is 31.4 Å². The molecule has 41 heavy (non-hydrogen) atoms. The van der Waals surface area contributed by atoms with Gasteiger partial charge in [-0.25, -0.2) is 0 Å². The minimum atomic E-state index is 0.0624. The van der Waals surface area contributed by atoms with Gasteiger partial charge in [0.25, 0.3) is 0 Å². The van der Waals surface area contributed by atoms with E-state index in [1.807, 2.05) is 33.3 Å². The van der Waals surface area contributed by atoms with Gasteiger partial charge >= 0.3 is 0 Å². The van der Waals surface area contributed by atoms with Crippen LogP contribution in [0.3, 0.4) is 0 Å². The highest BCUT2D eigenvalue weighted by atomic mass is 33.1. The summed E-state index contributed by atoms with van der Waals surface area (Å²) in [5, 5.41) is 3.37. The van der Waals surface area contributed by atoms with Crippen molar-refractivity contribution in [2.24, 2.45) is 0 Å². The predicted octanol–water partition coefficient (Wildman–Crippen LogP) is 9.46. The van der Waals surface area contributed by atoms with Gasteiger partial charge in [0.1, 0.15) is 0 Å². The zero-order valence-electron chi connectivity index (χ0n) is 27.3. The molecule has 1 amide bonds. The van der Waals surface area contributed by atoms with Gasteiger partial charge in [-0.15, -0.1) is 0 Å². The molecule has 0 aromatic rings. The summed E-state index contributed by atoms with van der Waals surface area (Å²) in [7, 11) is 3.77. The quantitative estimate of drug-likeness (QED) is 0.0649. The third-order valence-electron chi connectivity index (χ3n) is 7.28. The number of hydrogen-bond acceptors (Lipinski definition) is 7. The maximum absolute atomic E-state index is 12.2. The maximum atomic E-state index is 12.2. The van der Waals surface area contributed by atoms with Crippen LogP contribution >= 0.6 is 33.3 Å². The van der Waals surface area contributed by atoms with E-state index in [1.54, 1.807) is 0 Å². The van der Waals surface area contributed by atoms with Crippen LogP contribution in [0.1, 0.15) is 137 Å². The maximum Gasteiger partial charge on any atom is 0.220 e. The topological polar surface area (TPSA) is 56.8 Å². The van der Waals surface area contributed by atoms with E-state index < -0.39 is 0 Å². The van der Waals surface area contributed by atoms with Crippen molar-refractivity contribution < 1.29 is 19.0 Å². The van der Waals surface area contributed by atoms with Crippen LogP contribution in [0.5, 0.6) is 0 Å². The molecule has 5 nitrogen and oxygen atoms in total. The second kappa shape index (κ2) is 27.9. The standard InChI is InChI=1S/C33H65NO4S3/c1-6-7-8-9-10-11-12-13-14-15-16-17-18-19-24-40-41-25-21-32(35)34-22-20-23-36-30-27-39-31(26-37-28(2)3)33(30)38-29(4)5/h28-31,33H,6-27H2,1-5H3,(H,34,35)/t30-,31+,33-/m0/s1. The van der Waals surface area contributed by atoms with E-state index in [-0.39, 0.29) is 30.3 Å². The number of carbonyl (C=O) groups excluding carboxylic acids is 1. The van der Waals surface area contributed by atoms with Gasteiger partial charge in [0.2, 0.25) is 5.91 Å². The molecule has 0 aromatic heterocycles. The van der Waals surface area contributed by atoms with Crippen molar-refractivity contribution in [3.8, 4) is 0 Å². The summed E-state index contributed by atoms with van der Waals surface area (Å²) in [4.78, 5) is 12.2. The highest BCUT2D eigenvalue weighted by Gasteiger charge is 2.39. The van der Waals surface area contributed by atoms with Crippen LogP contribution in [0.15, 0.2) is 0 Å². The van der Waals surface area contributed by atoms with Gasteiger partial charge < -0.3 is 19.5 Å². The van der Waals surface area contributed by atoms with Crippen molar-refractivity contribution in [1.29, 1.82) is 0 Å². The third-order valence-corrected chi connectivity index (χ3v) is 11.1. The first-order valence-electron chi connectivity index (χ1n) is 16.9. The summed E-state index contributed by atoms with van der Waals surface area (Å²) >= 11 is 1.89. The molecule has 8 heteroatoms. The molecule has 0 spiro atoms. The van der Waals surface area contributed by atoms with Gasteiger partial charge in [-0.1, -0.05) is 112 Å². The molecule has 1 saturated heterocycles. The van der Waals surface area contributed by atoms with Crippen molar-refractivity contribution in [3.05, 3.63) is 0 Å². The fraction of sp³-hybridized carbons (Fsp3) is 0.970. The summed E-state index contributed by atoms with van der Waals surface area (Å²) in [6, 6.07) is 0. The lowest BCUT2D eigenvalue weighted by molar-refractivity contribution is -0.120. The van der Waals surface area contributed by atoms with Crippen molar-refractivity contribution >= 4 is 39.3 Å². The minimum absolute atomic E-state index is 0.0624. The normalized spacial score (nSPS) is 19.0. The summed E-state index contributed by atoms with van der Waals surface area (Å²) < 4.78 is 18.2. The van der Waals surface area contributed by atoms with Crippen LogP contribution in [0, 0.1) is 0 Å². The number of carbonyl (C=O) groups is 1. The molecular weight excluding hydrogens is 571 g/mol. The zero-order valence-corrected chi connectivity index (χ0v) is 29.8. The van der Waals surface area contributed by atoms with Crippen LogP contribution in [-0.2, 0) is 19.0 Å². The second-order valence-electron chi connectivity index (χ2n) is 12.0. The van der Waals surface area contributed by atoms with Crippen LogP contribution in [-0.4, -0.2) is 72.6 Å². The molecule has 1 heterocycles. The highest BCUT2D eigenvalue weighted by Crippen LogP contribution is 2.33. The van der Waals surface area contributed by atoms with Gasteiger partial charge in [0, 0.05) is 36.8 Å². The van der Waals surface area contributed by atoms with Crippen LogP contribution in [0.2, 0.25) is 0 Å². The number of nitrogens with one attached hydrogen (secondary N) is 1. The van der Waals surface area contributed by atoms with Crippen LogP contribution in [0.4, 0.5) is 0 Å². The lowest BCUT2D eigenvalue weighted by atomic mass is 10.0. The Morgan fingerprint density at radius 2 is 1.39 bits per heavy atom. The third kappa shape index (κ3) is 23.5. The number of amides is 1. The Balaban J connectivity index is 1.89. The van der Waals surface area contributed by atoms with Gasteiger partial charge in [0.15, 0.2) is 0 Å². The molecule has 3 atom stereocenters. The molecule has 0 unspecified atom stereocenters. The molecule has 1 fully saturated rings. The highest BCUT2D eigenvalue weighted by molar-refractivity contribution is 8.76. The average molecular weight is 636 g/mol. The first kappa shape index (κ1) is 39.4. The number of rotatable bonds is 29. The Morgan fingerprint density at radius 1 is 0.805 bits per heavy atom.